The quantitative estimate of drug-likeness (QED) is 0.362. The van der Waals surface area contributed by atoms with Crippen molar-refractivity contribution in [3.8, 4) is 5.88 Å². The summed E-state index contributed by atoms with van der Waals surface area (Å²) < 4.78 is 5.77. The van der Waals surface area contributed by atoms with Crippen LogP contribution in [-0.2, 0) is 6.54 Å². The van der Waals surface area contributed by atoms with Crippen molar-refractivity contribution in [2.24, 2.45) is 10.9 Å². The Hall–Kier alpha value is -1.91. The Bertz CT molecular complexity index is 755. The van der Waals surface area contributed by atoms with Crippen LogP contribution in [0.1, 0.15) is 43.0 Å². The van der Waals surface area contributed by atoms with E-state index in [-0.39, 0.29) is 24.0 Å². The van der Waals surface area contributed by atoms with E-state index in [0.717, 1.165) is 55.8 Å². The highest BCUT2D eigenvalue weighted by atomic mass is 127. The standard InChI is InChI=1S/C19H27N7O.HI/c1-20-19(26-8-5-16(6-9-26)18-23-13-24-25-18)22-11-15-4-7-21-17(10-15)27-12-14-2-3-14;/h4,7,10,13-14,16H,2-3,5-6,8-9,11-12H2,1H3,(H,20,22)(H,23,24,25);1H. The van der Waals surface area contributed by atoms with Crippen molar-refractivity contribution in [2.45, 2.75) is 38.1 Å². The van der Waals surface area contributed by atoms with Gasteiger partial charge in [-0.2, -0.15) is 5.10 Å². The summed E-state index contributed by atoms with van der Waals surface area (Å²) in [6.45, 7) is 3.40. The second-order valence-corrected chi connectivity index (χ2v) is 7.29. The highest BCUT2D eigenvalue weighted by Crippen LogP contribution is 2.29. The van der Waals surface area contributed by atoms with Crippen LogP contribution in [0.3, 0.4) is 0 Å². The number of nitrogens with one attached hydrogen (secondary N) is 2. The van der Waals surface area contributed by atoms with E-state index in [4.69, 9.17) is 4.74 Å². The van der Waals surface area contributed by atoms with Crippen molar-refractivity contribution in [3.05, 3.63) is 36.0 Å². The van der Waals surface area contributed by atoms with E-state index in [9.17, 15) is 0 Å². The average molecular weight is 497 g/mol. The summed E-state index contributed by atoms with van der Waals surface area (Å²) in [4.78, 5) is 15.4. The van der Waals surface area contributed by atoms with Gasteiger partial charge in [0.05, 0.1) is 6.61 Å². The summed E-state index contributed by atoms with van der Waals surface area (Å²) in [5.74, 6) is 3.82. The summed E-state index contributed by atoms with van der Waals surface area (Å²) in [5.41, 5.74) is 1.15. The minimum absolute atomic E-state index is 0. The SMILES string of the molecule is CN=C(NCc1ccnc(OCC2CC2)c1)N1CCC(c2ncn[nH]2)CC1.I. The van der Waals surface area contributed by atoms with Crippen LogP contribution >= 0.6 is 24.0 Å². The molecule has 0 unspecified atom stereocenters. The number of halogens is 1. The molecule has 2 aromatic heterocycles. The first kappa shape index (κ1) is 20.8. The number of aromatic amines is 1. The summed E-state index contributed by atoms with van der Waals surface area (Å²) in [6.07, 6.45) is 8.05. The van der Waals surface area contributed by atoms with Crippen molar-refractivity contribution in [1.82, 2.24) is 30.4 Å². The van der Waals surface area contributed by atoms with Crippen LogP contribution < -0.4 is 10.1 Å². The largest absolute Gasteiger partial charge is 0.477 e. The van der Waals surface area contributed by atoms with Gasteiger partial charge in [-0.1, -0.05) is 0 Å². The molecule has 2 fully saturated rings. The summed E-state index contributed by atoms with van der Waals surface area (Å²) >= 11 is 0. The first-order valence-electron chi connectivity index (χ1n) is 9.70. The number of aliphatic imine (C=N–C) groups is 1. The van der Waals surface area contributed by atoms with Crippen LogP contribution in [0.4, 0.5) is 0 Å². The molecule has 2 aromatic rings. The Labute approximate surface area is 182 Å². The normalized spacial score (nSPS) is 17.9. The zero-order valence-electron chi connectivity index (χ0n) is 16.2. The van der Waals surface area contributed by atoms with Gasteiger partial charge in [-0.3, -0.25) is 10.1 Å². The van der Waals surface area contributed by atoms with E-state index in [1.54, 1.807) is 6.33 Å². The number of H-pyrrole nitrogens is 1. The number of likely N-dealkylation sites (tertiary alicyclic amines) is 1. The number of nitrogens with zero attached hydrogens (tertiary/aromatic N) is 5. The monoisotopic (exact) mass is 497 g/mol. The lowest BCUT2D eigenvalue weighted by molar-refractivity contribution is 0.288. The fourth-order valence-electron chi connectivity index (χ4n) is 3.42. The second-order valence-electron chi connectivity index (χ2n) is 7.29. The third-order valence-corrected chi connectivity index (χ3v) is 5.24. The predicted molar refractivity (Wildman–Crippen MR) is 118 cm³/mol. The maximum Gasteiger partial charge on any atom is 0.213 e. The molecule has 2 N–H and O–H groups in total. The number of rotatable bonds is 6. The van der Waals surface area contributed by atoms with E-state index in [1.807, 2.05) is 25.4 Å². The number of piperidine rings is 1. The zero-order chi connectivity index (χ0) is 18.5. The number of pyridine rings is 1. The average Bonchev–Trinajstić information content (AvgIpc) is 3.39. The number of hydrogen-bond acceptors (Lipinski definition) is 5. The molecule has 9 heteroatoms. The number of hydrogen-bond donors (Lipinski definition) is 2. The topological polar surface area (TPSA) is 91.3 Å². The van der Waals surface area contributed by atoms with Crippen LogP contribution in [-0.4, -0.2) is 57.8 Å². The van der Waals surface area contributed by atoms with E-state index in [0.29, 0.717) is 18.3 Å². The van der Waals surface area contributed by atoms with Gasteiger partial charge >= 0.3 is 0 Å². The van der Waals surface area contributed by atoms with E-state index in [1.165, 1.54) is 12.8 Å². The lowest BCUT2D eigenvalue weighted by atomic mass is 9.96. The molecule has 0 bridgehead atoms. The molecule has 8 nitrogen and oxygen atoms in total. The molecule has 1 aliphatic heterocycles. The van der Waals surface area contributed by atoms with Crippen LogP contribution in [0, 0.1) is 5.92 Å². The molecular weight excluding hydrogens is 469 g/mol. The molecule has 0 spiro atoms. The van der Waals surface area contributed by atoms with Gasteiger partial charge in [0.25, 0.3) is 0 Å². The molecule has 1 saturated heterocycles. The summed E-state index contributed by atoms with van der Waals surface area (Å²) in [5, 5.41) is 10.4. The Morgan fingerprint density at radius 1 is 1.29 bits per heavy atom. The van der Waals surface area contributed by atoms with E-state index in [2.05, 4.69) is 35.4 Å². The Morgan fingerprint density at radius 3 is 2.79 bits per heavy atom. The third-order valence-electron chi connectivity index (χ3n) is 5.24. The van der Waals surface area contributed by atoms with E-state index < -0.39 is 0 Å². The maximum absolute atomic E-state index is 5.77. The molecule has 28 heavy (non-hydrogen) atoms. The summed E-state index contributed by atoms with van der Waals surface area (Å²) in [7, 11) is 1.83. The Balaban J connectivity index is 0.00000225. The highest BCUT2D eigenvalue weighted by molar-refractivity contribution is 14.0. The van der Waals surface area contributed by atoms with Gasteiger partial charge < -0.3 is 15.0 Å². The minimum atomic E-state index is 0. The molecule has 152 valence electrons. The lowest BCUT2D eigenvalue weighted by Gasteiger charge is -2.33. The van der Waals surface area contributed by atoms with Gasteiger partial charge in [0.1, 0.15) is 12.2 Å². The van der Waals surface area contributed by atoms with Crippen molar-refractivity contribution < 1.29 is 4.74 Å². The van der Waals surface area contributed by atoms with Gasteiger partial charge in [0.15, 0.2) is 5.96 Å². The maximum atomic E-state index is 5.77. The third kappa shape index (κ3) is 5.55. The molecular formula is C19H28IN7O. The molecule has 0 atom stereocenters. The van der Waals surface area contributed by atoms with E-state index >= 15 is 0 Å². The summed E-state index contributed by atoms with van der Waals surface area (Å²) in [6, 6.07) is 4.03. The number of guanidine groups is 1. The fraction of sp³-hybridized carbons (Fsp3) is 0.579. The number of aromatic nitrogens is 4. The van der Waals surface area contributed by atoms with Crippen LogP contribution in [0.25, 0.3) is 0 Å². The van der Waals surface area contributed by atoms with Crippen LogP contribution in [0.5, 0.6) is 5.88 Å². The zero-order valence-corrected chi connectivity index (χ0v) is 18.5. The van der Waals surface area contributed by atoms with Gasteiger partial charge in [0, 0.05) is 44.9 Å². The van der Waals surface area contributed by atoms with Crippen molar-refractivity contribution >= 4 is 29.9 Å². The number of ether oxygens (including phenoxy) is 1. The molecule has 0 amide bonds. The molecule has 0 radical (unpaired) electrons. The smallest absolute Gasteiger partial charge is 0.213 e. The molecule has 2 aliphatic rings. The highest BCUT2D eigenvalue weighted by Gasteiger charge is 2.24. The predicted octanol–water partition coefficient (Wildman–Crippen LogP) is 2.56. The first-order chi connectivity index (χ1) is 13.3. The van der Waals surface area contributed by atoms with Gasteiger partial charge in [-0.25, -0.2) is 9.97 Å². The van der Waals surface area contributed by atoms with Crippen molar-refractivity contribution in [3.63, 3.8) is 0 Å². The Kier molecular flexibility index (Phi) is 7.46. The molecule has 1 aliphatic carbocycles. The second kappa shape index (κ2) is 10.0. The molecule has 0 aromatic carbocycles. The van der Waals surface area contributed by atoms with Gasteiger partial charge in [0.2, 0.25) is 5.88 Å². The molecule has 4 rings (SSSR count). The molecule has 1 saturated carbocycles. The van der Waals surface area contributed by atoms with Crippen molar-refractivity contribution in [2.75, 3.05) is 26.7 Å². The lowest BCUT2D eigenvalue weighted by Crippen LogP contribution is -2.45. The van der Waals surface area contributed by atoms with Gasteiger partial charge in [-0.15, -0.1) is 24.0 Å². The van der Waals surface area contributed by atoms with Crippen LogP contribution in [0.2, 0.25) is 0 Å². The fourth-order valence-corrected chi connectivity index (χ4v) is 3.42. The first-order valence-corrected chi connectivity index (χ1v) is 9.70. The van der Waals surface area contributed by atoms with Crippen LogP contribution in [0.15, 0.2) is 29.6 Å². The Morgan fingerprint density at radius 2 is 2.11 bits per heavy atom. The van der Waals surface area contributed by atoms with Crippen molar-refractivity contribution in [1.29, 1.82) is 0 Å². The minimum Gasteiger partial charge on any atom is -0.477 e. The molecule has 3 heterocycles. The van der Waals surface area contributed by atoms with Gasteiger partial charge in [-0.05, 0) is 43.2 Å².